The zero-order valence-corrected chi connectivity index (χ0v) is 31.5. The van der Waals surface area contributed by atoms with Crippen LogP contribution in [0, 0.1) is 11.8 Å². The molecule has 1 saturated heterocycles. The van der Waals surface area contributed by atoms with Gasteiger partial charge in [-0.25, -0.2) is 0 Å². The van der Waals surface area contributed by atoms with E-state index in [4.69, 9.17) is 22.9 Å². The Morgan fingerprint density at radius 3 is 1.79 bits per heavy atom. The van der Waals surface area contributed by atoms with Crippen LogP contribution in [0.3, 0.4) is 0 Å². The van der Waals surface area contributed by atoms with E-state index in [0.29, 0.717) is 25.7 Å². The summed E-state index contributed by atoms with van der Waals surface area (Å²) in [6, 6.07) is 2.72. The fourth-order valence-electron chi connectivity index (χ4n) is 5.72. The second-order valence-corrected chi connectivity index (χ2v) is 14.4. The molecule has 0 bridgehead atoms. The highest BCUT2D eigenvalue weighted by atomic mass is 16.2. The molecule has 6 amide bonds. The fourth-order valence-corrected chi connectivity index (χ4v) is 5.72. The Labute approximate surface area is 312 Å². The van der Waals surface area contributed by atoms with E-state index in [9.17, 15) is 28.8 Å². The molecule has 0 saturated carbocycles. The maximum Gasteiger partial charge on any atom is 0.243 e. The molecular weight excluding hydrogens is 682 g/mol. The van der Waals surface area contributed by atoms with Gasteiger partial charge in [0.1, 0.15) is 30.2 Å². The topological polar surface area (TPSA) is 291 Å². The lowest BCUT2D eigenvalue weighted by atomic mass is 9.98. The van der Waals surface area contributed by atoms with Crippen LogP contribution in [0.5, 0.6) is 0 Å². The van der Waals surface area contributed by atoms with Gasteiger partial charge in [-0.1, -0.05) is 58.0 Å². The molecule has 0 unspecified atom stereocenters. The summed E-state index contributed by atoms with van der Waals surface area (Å²) >= 11 is 0. The normalized spacial score (nSPS) is 25.0. The fraction of sp³-hybridized carbons (Fsp3) is 0.639. The highest BCUT2D eigenvalue weighted by Crippen LogP contribution is 2.12. The van der Waals surface area contributed by atoms with E-state index in [1.54, 1.807) is 24.3 Å². The summed E-state index contributed by atoms with van der Waals surface area (Å²) in [6.45, 7) is 7.83. The average Bonchev–Trinajstić information content (AvgIpc) is 3.09. The number of benzene rings is 1. The van der Waals surface area contributed by atoms with Gasteiger partial charge in [-0.05, 0) is 62.3 Å². The molecule has 1 fully saturated rings. The quantitative estimate of drug-likeness (QED) is 0.0743. The molecule has 1 aromatic rings. The molecule has 0 aliphatic carbocycles. The summed E-state index contributed by atoms with van der Waals surface area (Å²) < 4.78 is 0. The lowest BCUT2D eigenvalue weighted by Crippen LogP contribution is -2.60. The number of carbonyl (C=O) groups excluding carboxylic acids is 6. The monoisotopic (exact) mass is 743 g/mol. The third kappa shape index (κ3) is 17.1. The number of amides is 6. The molecule has 1 aliphatic rings. The van der Waals surface area contributed by atoms with Crippen LogP contribution in [0.2, 0.25) is 0 Å². The van der Waals surface area contributed by atoms with Crippen LogP contribution >= 0.6 is 0 Å². The van der Waals surface area contributed by atoms with Crippen LogP contribution in [0.1, 0.15) is 78.2 Å². The molecule has 0 radical (unpaired) electrons. The summed E-state index contributed by atoms with van der Waals surface area (Å²) in [6.07, 6.45) is 2.45. The Kier molecular flexibility index (Phi) is 19.3. The molecule has 53 heavy (non-hydrogen) atoms. The summed E-state index contributed by atoms with van der Waals surface area (Å²) in [7, 11) is 0. The van der Waals surface area contributed by atoms with Crippen molar-refractivity contribution in [1.29, 1.82) is 0 Å². The number of guanidine groups is 1. The first-order valence-electron chi connectivity index (χ1n) is 18.4. The van der Waals surface area contributed by atoms with E-state index in [1.807, 2.05) is 33.8 Å². The molecule has 0 spiro atoms. The highest BCUT2D eigenvalue weighted by Gasteiger charge is 2.33. The van der Waals surface area contributed by atoms with Gasteiger partial charge in [-0.2, -0.15) is 0 Å². The van der Waals surface area contributed by atoms with Crippen molar-refractivity contribution in [3.05, 3.63) is 35.9 Å². The molecule has 296 valence electrons. The SMILES string of the molecule is CC(C)C[C@@H]1NC(=O)[C@H](CC(C)C)NC(=O)[C@@H](Cc2ccccc2)NC(=O)[C@@H](N)CNC(=O)[C@@H](N)CCCCNC(=O)[C@H](CCCN=C(N)N)NC1=O. The molecule has 17 heteroatoms. The van der Waals surface area contributed by atoms with Crippen LogP contribution in [-0.4, -0.2) is 97.3 Å². The van der Waals surface area contributed by atoms with Crippen LogP contribution in [0.25, 0.3) is 0 Å². The van der Waals surface area contributed by atoms with E-state index in [1.165, 1.54) is 0 Å². The Morgan fingerprint density at radius 2 is 1.23 bits per heavy atom. The zero-order valence-electron chi connectivity index (χ0n) is 31.5. The number of nitrogens with two attached hydrogens (primary N) is 4. The van der Waals surface area contributed by atoms with E-state index in [2.05, 4.69) is 36.9 Å². The number of hydrogen-bond donors (Lipinski definition) is 10. The van der Waals surface area contributed by atoms with Gasteiger partial charge < -0.3 is 54.8 Å². The zero-order chi connectivity index (χ0) is 39.5. The van der Waals surface area contributed by atoms with Crippen LogP contribution in [-0.2, 0) is 35.2 Å². The third-order valence-electron chi connectivity index (χ3n) is 8.58. The minimum absolute atomic E-state index is 0.0246. The molecule has 14 N–H and O–H groups in total. The molecular formula is C36H61N11O6. The largest absolute Gasteiger partial charge is 0.370 e. The Bertz CT molecular complexity index is 1390. The standard InChI is InChI=1S/C36H61N11O6/c1-21(2)17-27-33(51)44-26(14-10-16-42-36(39)40)32(50)41-15-9-8-13-24(37)30(48)43-20-25(38)31(49)45-29(19-23-11-6-5-7-12-23)35(53)47-28(18-22(3)4)34(52)46-27/h5-7,11-12,21-22,24-29H,8-10,13-20,37-38H2,1-4H3,(H,41,50)(H,43,48)(H,44,51)(H,45,49)(H,46,52)(H,47,53)(H4,39,40,42)/t24-,25-,26-,27-,28-,29+/m0/s1. The number of nitrogens with zero attached hydrogens (tertiary/aromatic N) is 1. The smallest absolute Gasteiger partial charge is 0.243 e. The lowest BCUT2D eigenvalue weighted by Gasteiger charge is -2.28. The molecule has 0 aromatic heterocycles. The van der Waals surface area contributed by atoms with Crippen molar-refractivity contribution in [3.63, 3.8) is 0 Å². The summed E-state index contributed by atoms with van der Waals surface area (Å²) in [4.78, 5) is 84.7. The molecule has 6 atom stereocenters. The van der Waals surface area contributed by atoms with E-state index >= 15 is 0 Å². The first kappa shape index (κ1) is 44.4. The van der Waals surface area contributed by atoms with Crippen LogP contribution in [0.15, 0.2) is 35.3 Å². The van der Waals surface area contributed by atoms with Crippen molar-refractivity contribution in [3.8, 4) is 0 Å². The van der Waals surface area contributed by atoms with Crippen LogP contribution < -0.4 is 54.8 Å². The van der Waals surface area contributed by atoms with Gasteiger partial charge in [0.05, 0.1) is 6.04 Å². The second-order valence-electron chi connectivity index (χ2n) is 14.4. The van der Waals surface area contributed by atoms with E-state index in [0.717, 1.165) is 5.56 Å². The number of hydrogen-bond acceptors (Lipinski definition) is 9. The van der Waals surface area contributed by atoms with Crippen molar-refractivity contribution < 1.29 is 28.8 Å². The Balaban J connectivity index is 2.46. The minimum atomic E-state index is -1.20. The molecule has 17 nitrogen and oxygen atoms in total. The van der Waals surface area contributed by atoms with Gasteiger partial charge in [-0.3, -0.25) is 33.8 Å². The minimum Gasteiger partial charge on any atom is -0.370 e. The maximum atomic E-state index is 13.9. The number of carbonyl (C=O) groups is 6. The predicted octanol–water partition coefficient (Wildman–Crippen LogP) is -1.62. The van der Waals surface area contributed by atoms with Gasteiger partial charge in [-0.15, -0.1) is 0 Å². The van der Waals surface area contributed by atoms with Crippen molar-refractivity contribution >= 4 is 41.4 Å². The third-order valence-corrected chi connectivity index (χ3v) is 8.58. The Morgan fingerprint density at radius 1 is 0.679 bits per heavy atom. The van der Waals surface area contributed by atoms with Crippen molar-refractivity contribution in [1.82, 2.24) is 31.9 Å². The number of aliphatic imine (C=N–C) groups is 1. The van der Waals surface area contributed by atoms with Gasteiger partial charge >= 0.3 is 0 Å². The summed E-state index contributed by atoms with van der Waals surface area (Å²) in [5.41, 5.74) is 23.8. The van der Waals surface area contributed by atoms with Crippen molar-refractivity contribution in [2.75, 3.05) is 19.6 Å². The van der Waals surface area contributed by atoms with Crippen molar-refractivity contribution in [2.24, 2.45) is 39.8 Å². The number of nitrogens with one attached hydrogen (secondary N) is 6. The molecule has 1 aromatic carbocycles. The van der Waals surface area contributed by atoms with E-state index in [-0.39, 0.29) is 63.1 Å². The molecule has 1 aliphatic heterocycles. The van der Waals surface area contributed by atoms with E-state index < -0.39 is 71.7 Å². The number of rotatable bonds is 10. The van der Waals surface area contributed by atoms with Crippen molar-refractivity contribution in [2.45, 2.75) is 115 Å². The predicted molar refractivity (Wildman–Crippen MR) is 203 cm³/mol. The molecule has 1 heterocycles. The van der Waals surface area contributed by atoms with Gasteiger partial charge in [0.15, 0.2) is 5.96 Å². The average molecular weight is 744 g/mol. The van der Waals surface area contributed by atoms with Gasteiger partial charge in [0.25, 0.3) is 0 Å². The first-order valence-corrected chi connectivity index (χ1v) is 18.4. The highest BCUT2D eigenvalue weighted by molar-refractivity contribution is 5.96. The molecule has 2 rings (SSSR count). The Hall–Kier alpha value is -4.77. The second kappa shape index (κ2) is 23.0. The summed E-state index contributed by atoms with van der Waals surface area (Å²) in [5, 5.41) is 16.5. The van der Waals surface area contributed by atoms with Crippen LogP contribution in [0.4, 0.5) is 0 Å². The van der Waals surface area contributed by atoms with Gasteiger partial charge in [0, 0.05) is 26.1 Å². The summed E-state index contributed by atoms with van der Waals surface area (Å²) in [5.74, 6) is -3.59. The van der Waals surface area contributed by atoms with Gasteiger partial charge in [0.2, 0.25) is 35.4 Å². The lowest BCUT2D eigenvalue weighted by molar-refractivity contribution is -0.135. The maximum absolute atomic E-state index is 13.9. The first-order chi connectivity index (χ1) is 25.1.